The van der Waals surface area contributed by atoms with Crippen molar-refractivity contribution in [2.45, 2.75) is 20.8 Å². The third kappa shape index (κ3) is 4.04. The molecule has 0 aromatic heterocycles. The third-order valence-corrected chi connectivity index (χ3v) is 3.23. The molecular weight excluding hydrogens is 274 g/mol. The fraction of sp³-hybridized carbons (Fsp3) is 0.263. The number of amides is 1. The van der Waals surface area contributed by atoms with Crippen molar-refractivity contribution in [2.24, 2.45) is 5.41 Å². The highest BCUT2D eigenvalue weighted by molar-refractivity contribution is 6.15. The Morgan fingerprint density at radius 3 is 2.00 bits per heavy atom. The van der Waals surface area contributed by atoms with Crippen LogP contribution in [-0.4, -0.2) is 18.2 Å². The number of carbonyl (C=O) groups excluding carboxylic acids is 2. The summed E-state index contributed by atoms with van der Waals surface area (Å²) in [6.45, 7) is 6.70. The van der Waals surface area contributed by atoms with E-state index in [4.69, 9.17) is 0 Å². The Morgan fingerprint density at radius 2 is 1.41 bits per heavy atom. The second kappa shape index (κ2) is 6.56. The first-order valence-corrected chi connectivity index (χ1v) is 7.35. The Morgan fingerprint density at radius 1 is 0.864 bits per heavy atom. The molecule has 3 nitrogen and oxygen atoms in total. The summed E-state index contributed by atoms with van der Waals surface area (Å²) >= 11 is 0. The molecule has 0 saturated carbocycles. The van der Waals surface area contributed by atoms with Crippen molar-refractivity contribution in [3.05, 3.63) is 71.3 Å². The number of ketones is 1. The first kappa shape index (κ1) is 16.0. The monoisotopic (exact) mass is 295 g/mol. The lowest BCUT2D eigenvalue weighted by atomic mass is 9.95. The highest BCUT2D eigenvalue weighted by Crippen LogP contribution is 2.16. The van der Waals surface area contributed by atoms with Gasteiger partial charge in [0, 0.05) is 17.7 Å². The molecule has 22 heavy (non-hydrogen) atoms. The van der Waals surface area contributed by atoms with Gasteiger partial charge in [0.25, 0.3) is 5.91 Å². The molecule has 3 heteroatoms. The maximum atomic E-state index is 12.6. The van der Waals surface area contributed by atoms with Gasteiger partial charge in [-0.15, -0.1) is 0 Å². The van der Waals surface area contributed by atoms with Gasteiger partial charge in [0.1, 0.15) is 0 Å². The summed E-state index contributed by atoms with van der Waals surface area (Å²) in [7, 11) is 0. The largest absolute Gasteiger partial charge is 0.351 e. The average Bonchev–Trinajstić information content (AvgIpc) is 2.52. The Labute approximate surface area is 131 Å². The van der Waals surface area contributed by atoms with Crippen LogP contribution >= 0.6 is 0 Å². The fourth-order valence-electron chi connectivity index (χ4n) is 2.06. The second-order valence-electron chi connectivity index (χ2n) is 6.48. The summed E-state index contributed by atoms with van der Waals surface area (Å²) in [6.07, 6.45) is 0. The van der Waals surface area contributed by atoms with Crippen LogP contribution in [0, 0.1) is 5.41 Å². The average molecular weight is 295 g/mol. The lowest BCUT2D eigenvalue weighted by molar-refractivity contribution is 0.0929. The Kier molecular flexibility index (Phi) is 4.76. The highest BCUT2D eigenvalue weighted by atomic mass is 16.2. The van der Waals surface area contributed by atoms with Crippen molar-refractivity contribution in [1.29, 1.82) is 0 Å². The van der Waals surface area contributed by atoms with Gasteiger partial charge in [-0.25, -0.2) is 0 Å². The van der Waals surface area contributed by atoms with E-state index < -0.39 is 0 Å². The lowest BCUT2D eigenvalue weighted by Crippen LogP contribution is -2.33. The Hall–Kier alpha value is -2.42. The molecule has 0 aliphatic rings. The summed E-state index contributed by atoms with van der Waals surface area (Å²) in [5.74, 6) is -0.350. The van der Waals surface area contributed by atoms with Crippen molar-refractivity contribution >= 4 is 11.7 Å². The first-order chi connectivity index (χ1) is 10.4. The van der Waals surface area contributed by atoms with E-state index in [-0.39, 0.29) is 17.1 Å². The van der Waals surface area contributed by atoms with Crippen molar-refractivity contribution in [1.82, 2.24) is 5.32 Å². The molecule has 0 unspecified atom stereocenters. The normalized spacial score (nSPS) is 11.0. The lowest BCUT2D eigenvalue weighted by Gasteiger charge is -2.19. The van der Waals surface area contributed by atoms with Crippen molar-refractivity contribution in [3.63, 3.8) is 0 Å². The molecule has 1 N–H and O–H groups in total. The van der Waals surface area contributed by atoms with Crippen LogP contribution in [0.5, 0.6) is 0 Å². The van der Waals surface area contributed by atoms with Gasteiger partial charge in [-0.3, -0.25) is 9.59 Å². The minimum absolute atomic E-state index is 0.00591. The molecule has 0 radical (unpaired) electrons. The van der Waals surface area contributed by atoms with E-state index in [1.807, 2.05) is 39.0 Å². The zero-order chi connectivity index (χ0) is 16.2. The van der Waals surface area contributed by atoms with Gasteiger partial charge in [-0.1, -0.05) is 69.3 Å². The van der Waals surface area contributed by atoms with Crippen molar-refractivity contribution in [3.8, 4) is 0 Å². The van der Waals surface area contributed by atoms with Crippen LogP contribution in [0.3, 0.4) is 0 Å². The molecule has 2 rings (SSSR count). The second-order valence-corrected chi connectivity index (χ2v) is 6.48. The standard InChI is InChI=1S/C19H21NO2/c1-19(2,3)13-20-18(22)16-12-8-7-11-15(16)17(21)14-9-5-4-6-10-14/h4-12H,13H2,1-3H3,(H,20,22). The van der Waals surface area contributed by atoms with E-state index in [9.17, 15) is 9.59 Å². The summed E-state index contributed by atoms with van der Waals surface area (Å²) in [4.78, 5) is 25.0. The molecular formula is C19H21NO2. The SMILES string of the molecule is CC(C)(C)CNC(=O)c1ccccc1C(=O)c1ccccc1. The van der Waals surface area contributed by atoms with E-state index >= 15 is 0 Å². The predicted molar refractivity (Wildman–Crippen MR) is 88.1 cm³/mol. The van der Waals surface area contributed by atoms with E-state index in [1.165, 1.54) is 0 Å². The maximum Gasteiger partial charge on any atom is 0.252 e. The van der Waals surface area contributed by atoms with Crippen LogP contribution in [0.4, 0.5) is 0 Å². The van der Waals surface area contributed by atoms with E-state index in [2.05, 4.69) is 5.32 Å². The first-order valence-electron chi connectivity index (χ1n) is 7.35. The summed E-state index contributed by atoms with van der Waals surface area (Å²) in [5, 5.41) is 2.89. The van der Waals surface area contributed by atoms with Gasteiger partial charge < -0.3 is 5.32 Å². The molecule has 0 fully saturated rings. The third-order valence-electron chi connectivity index (χ3n) is 3.23. The highest BCUT2D eigenvalue weighted by Gasteiger charge is 2.19. The van der Waals surface area contributed by atoms with Gasteiger partial charge in [-0.05, 0) is 11.5 Å². The minimum Gasteiger partial charge on any atom is -0.351 e. The van der Waals surface area contributed by atoms with E-state index in [0.717, 1.165) is 0 Å². The number of carbonyl (C=O) groups is 2. The zero-order valence-corrected chi connectivity index (χ0v) is 13.2. The summed E-state index contributed by atoms with van der Waals surface area (Å²) in [5.41, 5.74) is 1.42. The summed E-state index contributed by atoms with van der Waals surface area (Å²) in [6, 6.07) is 15.9. The summed E-state index contributed by atoms with van der Waals surface area (Å²) < 4.78 is 0. The van der Waals surface area contributed by atoms with E-state index in [0.29, 0.717) is 23.2 Å². The maximum absolute atomic E-state index is 12.6. The van der Waals surface area contributed by atoms with Gasteiger partial charge in [0.05, 0.1) is 5.56 Å². The van der Waals surface area contributed by atoms with Crippen molar-refractivity contribution < 1.29 is 9.59 Å². The number of benzene rings is 2. The molecule has 0 spiro atoms. The molecule has 1 amide bonds. The van der Waals surface area contributed by atoms with Gasteiger partial charge in [-0.2, -0.15) is 0 Å². The van der Waals surface area contributed by atoms with Crippen molar-refractivity contribution in [2.75, 3.05) is 6.54 Å². The van der Waals surface area contributed by atoms with Gasteiger partial charge in [0.15, 0.2) is 5.78 Å². The zero-order valence-electron chi connectivity index (χ0n) is 13.2. The van der Waals surface area contributed by atoms with Crippen LogP contribution in [0.1, 0.15) is 47.1 Å². The quantitative estimate of drug-likeness (QED) is 0.874. The van der Waals surface area contributed by atoms with Crippen LogP contribution < -0.4 is 5.32 Å². The van der Waals surface area contributed by atoms with E-state index in [1.54, 1.807) is 36.4 Å². The molecule has 114 valence electrons. The number of hydrogen-bond acceptors (Lipinski definition) is 2. The van der Waals surface area contributed by atoms with Crippen LogP contribution in [0.15, 0.2) is 54.6 Å². The van der Waals surface area contributed by atoms with Gasteiger partial charge >= 0.3 is 0 Å². The number of hydrogen-bond donors (Lipinski definition) is 1. The topological polar surface area (TPSA) is 46.2 Å². The van der Waals surface area contributed by atoms with Crippen LogP contribution in [0.25, 0.3) is 0 Å². The molecule has 0 heterocycles. The predicted octanol–water partition coefficient (Wildman–Crippen LogP) is 3.69. The van der Waals surface area contributed by atoms with Gasteiger partial charge in [0.2, 0.25) is 0 Å². The molecule has 0 atom stereocenters. The smallest absolute Gasteiger partial charge is 0.252 e. The molecule has 0 saturated heterocycles. The molecule has 2 aromatic carbocycles. The molecule has 0 aliphatic carbocycles. The Bertz CT molecular complexity index is 669. The minimum atomic E-state index is -0.213. The molecule has 0 aliphatic heterocycles. The molecule has 0 bridgehead atoms. The Balaban J connectivity index is 2.27. The number of nitrogens with one attached hydrogen (secondary N) is 1. The molecule has 2 aromatic rings. The fourth-order valence-corrected chi connectivity index (χ4v) is 2.06. The van der Waals surface area contributed by atoms with Crippen LogP contribution in [-0.2, 0) is 0 Å². The number of rotatable bonds is 4. The van der Waals surface area contributed by atoms with Crippen LogP contribution in [0.2, 0.25) is 0 Å².